The molecule has 0 fully saturated rings. The van der Waals surface area contributed by atoms with E-state index in [1.165, 1.54) is 16.8 Å². The Morgan fingerprint density at radius 3 is 2.50 bits per heavy atom. The lowest BCUT2D eigenvalue weighted by molar-refractivity contribution is 0.626. The minimum absolute atomic E-state index is 0.278. The van der Waals surface area contributed by atoms with Crippen LogP contribution >= 0.6 is 0 Å². The first-order valence-electron chi connectivity index (χ1n) is 9.48. The van der Waals surface area contributed by atoms with E-state index in [-0.39, 0.29) is 11.5 Å². The number of rotatable bonds is 3. The Hall–Kier alpha value is -4.00. The number of hydrogen-bond donors (Lipinski definition) is 1. The van der Waals surface area contributed by atoms with E-state index < -0.39 is 11.4 Å². The summed E-state index contributed by atoms with van der Waals surface area (Å²) in [7, 11) is 0. The number of fused-ring (bicyclic) bond motifs is 3. The third-order valence-electron chi connectivity index (χ3n) is 5.12. The van der Waals surface area contributed by atoms with Crippen molar-refractivity contribution in [2.45, 2.75) is 13.3 Å². The van der Waals surface area contributed by atoms with Gasteiger partial charge in [-0.3, -0.25) is 0 Å². The molecule has 0 bridgehead atoms. The first-order valence-corrected chi connectivity index (χ1v) is 9.48. The maximum Gasteiger partial charge on any atom is 0.359 e. The van der Waals surface area contributed by atoms with Gasteiger partial charge in [-0.15, -0.1) is 5.10 Å². The summed E-state index contributed by atoms with van der Waals surface area (Å²) in [6.45, 7) is 1.95. The van der Waals surface area contributed by atoms with E-state index in [0.29, 0.717) is 23.0 Å². The predicted octanol–water partition coefficient (Wildman–Crippen LogP) is 3.37. The summed E-state index contributed by atoms with van der Waals surface area (Å²) in [5.41, 5.74) is 3.17. The zero-order chi connectivity index (χ0) is 20.8. The van der Waals surface area contributed by atoms with Crippen LogP contribution in [-0.2, 0) is 6.42 Å². The lowest BCUT2D eigenvalue weighted by Gasteiger charge is -2.05. The van der Waals surface area contributed by atoms with Crippen LogP contribution in [0.1, 0.15) is 16.7 Å². The van der Waals surface area contributed by atoms with Crippen molar-refractivity contribution in [3.63, 3.8) is 0 Å². The summed E-state index contributed by atoms with van der Waals surface area (Å²) < 4.78 is 15.8. The standard InChI is InChI=1S/C23H17FN4O2/c1-14-5-8-18(9-6-14)28-23(30)27-21(26-28)19-13-16(7-10-20(19)25-22(27)29)11-15-3-2-4-17(24)12-15/h2-10,12-13H,11H2,1H3,(H,25,29). The molecule has 1 N–H and O–H groups in total. The lowest BCUT2D eigenvalue weighted by atomic mass is 10.0. The van der Waals surface area contributed by atoms with Crippen LogP contribution in [0, 0.1) is 12.7 Å². The fourth-order valence-corrected chi connectivity index (χ4v) is 3.63. The number of benzene rings is 3. The zero-order valence-electron chi connectivity index (χ0n) is 16.1. The van der Waals surface area contributed by atoms with Gasteiger partial charge in [0.05, 0.1) is 11.2 Å². The van der Waals surface area contributed by atoms with E-state index in [0.717, 1.165) is 21.1 Å². The van der Waals surface area contributed by atoms with Gasteiger partial charge in [0.1, 0.15) is 5.82 Å². The molecule has 3 aromatic carbocycles. The van der Waals surface area contributed by atoms with Gasteiger partial charge >= 0.3 is 11.4 Å². The molecule has 148 valence electrons. The molecule has 0 atom stereocenters. The van der Waals surface area contributed by atoms with Crippen LogP contribution in [0.2, 0.25) is 0 Å². The van der Waals surface area contributed by atoms with E-state index in [4.69, 9.17) is 0 Å². The highest BCUT2D eigenvalue weighted by Gasteiger charge is 2.15. The Morgan fingerprint density at radius 2 is 1.73 bits per heavy atom. The number of nitrogens with one attached hydrogen (secondary N) is 1. The quantitative estimate of drug-likeness (QED) is 0.505. The van der Waals surface area contributed by atoms with E-state index in [1.807, 2.05) is 37.3 Å². The van der Waals surface area contributed by atoms with Gasteiger partial charge in [0.15, 0.2) is 5.65 Å². The maximum absolute atomic E-state index is 13.5. The Kier molecular flexibility index (Phi) is 4.10. The van der Waals surface area contributed by atoms with Gasteiger partial charge in [-0.05, 0) is 60.9 Å². The van der Waals surface area contributed by atoms with Crippen molar-refractivity contribution in [2.75, 3.05) is 0 Å². The maximum atomic E-state index is 13.5. The van der Waals surface area contributed by atoms with Crippen LogP contribution < -0.4 is 11.4 Å². The Balaban J connectivity index is 1.71. The molecule has 7 heteroatoms. The number of hydrogen-bond acceptors (Lipinski definition) is 3. The predicted molar refractivity (Wildman–Crippen MR) is 113 cm³/mol. The molecule has 0 saturated heterocycles. The summed E-state index contributed by atoms with van der Waals surface area (Å²) in [4.78, 5) is 28.2. The first kappa shape index (κ1) is 18.1. The molecule has 0 spiro atoms. The molecule has 0 aliphatic rings. The van der Waals surface area contributed by atoms with E-state index in [1.54, 1.807) is 24.3 Å². The van der Waals surface area contributed by atoms with Crippen LogP contribution in [0.3, 0.4) is 0 Å². The number of aryl methyl sites for hydroxylation is 1. The molecule has 0 aliphatic heterocycles. The second-order valence-electron chi connectivity index (χ2n) is 7.31. The molecule has 0 aliphatic carbocycles. The lowest BCUT2D eigenvalue weighted by Crippen LogP contribution is -2.29. The van der Waals surface area contributed by atoms with Gasteiger partial charge < -0.3 is 4.98 Å². The number of nitrogens with zero attached hydrogens (tertiary/aromatic N) is 3. The number of halogens is 1. The summed E-state index contributed by atoms with van der Waals surface area (Å²) in [5.74, 6) is -0.289. The minimum Gasteiger partial charge on any atom is -0.306 e. The summed E-state index contributed by atoms with van der Waals surface area (Å²) in [6, 6.07) is 19.3. The fourth-order valence-electron chi connectivity index (χ4n) is 3.63. The van der Waals surface area contributed by atoms with Crippen LogP contribution in [0.4, 0.5) is 4.39 Å². The SMILES string of the molecule is Cc1ccc(-n2nc3c4cc(Cc5cccc(F)c5)ccc4[nH]c(=O)n3c2=O)cc1. The molecule has 0 unspecified atom stereocenters. The normalized spacial score (nSPS) is 11.4. The molecule has 0 radical (unpaired) electrons. The van der Waals surface area contributed by atoms with E-state index in [9.17, 15) is 14.0 Å². The second-order valence-corrected chi connectivity index (χ2v) is 7.31. The monoisotopic (exact) mass is 400 g/mol. The highest BCUT2D eigenvalue weighted by molar-refractivity contribution is 5.91. The average Bonchev–Trinajstić information content (AvgIpc) is 3.07. The molecule has 5 aromatic rings. The smallest absolute Gasteiger partial charge is 0.306 e. The molecular weight excluding hydrogens is 383 g/mol. The average molecular weight is 400 g/mol. The van der Waals surface area contributed by atoms with Crippen LogP contribution in [0.25, 0.3) is 22.2 Å². The van der Waals surface area contributed by atoms with Crippen molar-refractivity contribution >= 4 is 16.6 Å². The molecule has 2 aromatic heterocycles. The van der Waals surface area contributed by atoms with E-state index >= 15 is 0 Å². The van der Waals surface area contributed by atoms with Crippen molar-refractivity contribution in [1.29, 1.82) is 0 Å². The molecule has 6 nitrogen and oxygen atoms in total. The van der Waals surface area contributed by atoms with Crippen molar-refractivity contribution in [1.82, 2.24) is 19.2 Å². The molecule has 0 saturated carbocycles. The highest BCUT2D eigenvalue weighted by Crippen LogP contribution is 2.19. The highest BCUT2D eigenvalue weighted by atomic mass is 19.1. The number of aromatic nitrogens is 4. The van der Waals surface area contributed by atoms with Crippen molar-refractivity contribution < 1.29 is 4.39 Å². The minimum atomic E-state index is -0.543. The van der Waals surface area contributed by atoms with Gasteiger partial charge in [0.2, 0.25) is 0 Å². The van der Waals surface area contributed by atoms with E-state index in [2.05, 4.69) is 10.1 Å². The van der Waals surface area contributed by atoms with Crippen LogP contribution in [-0.4, -0.2) is 19.2 Å². The molecule has 0 amide bonds. The third-order valence-corrected chi connectivity index (χ3v) is 5.12. The van der Waals surface area contributed by atoms with Crippen molar-refractivity contribution in [3.05, 3.63) is 110 Å². The molecule has 2 heterocycles. The first-order chi connectivity index (χ1) is 14.5. The van der Waals surface area contributed by atoms with Gasteiger partial charge in [-0.1, -0.05) is 35.9 Å². The summed E-state index contributed by atoms with van der Waals surface area (Å²) >= 11 is 0. The van der Waals surface area contributed by atoms with Crippen molar-refractivity contribution in [3.8, 4) is 5.69 Å². The Labute approximate surface area is 169 Å². The number of aromatic amines is 1. The summed E-state index contributed by atoms with van der Waals surface area (Å²) in [6.07, 6.45) is 0.516. The fraction of sp³-hybridized carbons (Fsp3) is 0.0870. The topological polar surface area (TPSA) is 72.2 Å². The van der Waals surface area contributed by atoms with Gasteiger partial charge in [0.25, 0.3) is 0 Å². The molecule has 5 rings (SSSR count). The van der Waals surface area contributed by atoms with Crippen LogP contribution in [0.5, 0.6) is 0 Å². The Morgan fingerprint density at radius 1 is 0.967 bits per heavy atom. The van der Waals surface area contributed by atoms with Crippen LogP contribution in [0.15, 0.2) is 76.3 Å². The molecular formula is C23H17FN4O2. The van der Waals surface area contributed by atoms with Gasteiger partial charge in [-0.2, -0.15) is 9.08 Å². The van der Waals surface area contributed by atoms with Gasteiger partial charge in [0, 0.05) is 5.39 Å². The number of H-pyrrole nitrogens is 1. The molecule has 30 heavy (non-hydrogen) atoms. The largest absolute Gasteiger partial charge is 0.359 e. The third kappa shape index (κ3) is 3.00. The zero-order valence-corrected chi connectivity index (χ0v) is 16.1. The van der Waals surface area contributed by atoms with Gasteiger partial charge in [-0.25, -0.2) is 14.0 Å². The second kappa shape index (κ2) is 6.81. The summed E-state index contributed by atoms with van der Waals surface area (Å²) in [5, 5.41) is 5.10. The Bertz CT molecular complexity index is 1530. The van der Waals surface area contributed by atoms with Crippen molar-refractivity contribution in [2.24, 2.45) is 0 Å².